The molecule has 0 radical (unpaired) electrons. The molecular weight excluding hydrogens is 456 g/mol. The molecule has 1 aromatic heterocycles. The van der Waals surface area contributed by atoms with Gasteiger partial charge >= 0.3 is 0 Å². The number of nitrogens with zero attached hydrogens (tertiary/aromatic N) is 3. The van der Waals surface area contributed by atoms with Gasteiger partial charge in [0, 0.05) is 29.1 Å². The van der Waals surface area contributed by atoms with Crippen molar-refractivity contribution in [3.8, 4) is 5.69 Å². The Labute approximate surface area is 178 Å². The van der Waals surface area contributed by atoms with Crippen LogP contribution in [0.4, 0.5) is 5.69 Å². The van der Waals surface area contributed by atoms with Crippen molar-refractivity contribution < 1.29 is 13.2 Å². The smallest absolute Gasteiger partial charge is 0.241 e. The topological polar surface area (TPSA) is 84.3 Å². The number of aryl methyl sites for hydroxylation is 1. The molecule has 0 fully saturated rings. The van der Waals surface area contributed by atoms with Crippen molar-refractivity contribution in [3.05, 3.63) is 76.8 Å². The third kappa shape index (κ3) is 5.45. The summed E-state index contributed by atoms with van der Waals surface area (Å²) in [5.74, 6) is 0.504. The van der Waals surface area contributed by atoms with Crippen LogP contribution < -0.4 is 9.62 Å². The monoisotopic (exact) mass is 476 g/mol. The van der Waals surface area contributed by atoms with Gasteiger partial charge in [-0.15, -0.1) is 0 Å². The largest absolute Gasteiger partial charge is 0.350 e. The summed E-state index contributed by atoms with van der Waals surface area (Å²) in [5, 5.41) is 2.78. The molecule has 3 aromatic rings. The molecule has 7 nitrogen and oxygen atoms in total. The van der Waals surface area contributed by atoms with Gasteiger partial charge in [-0.3, -0.25) is 9.10 Å². The first-order valence-corrected chi connectivity index (χ1v) is 11.5. The highest BCUT2D eigenvalue weighted by atomic mass is 79.9. The molecule has 0 aliphatic heterocycles. The Balaban J connectivity index is 1.64. The van der Waals surface area contributed by atoms with E-state index in [0.717, 1.165) is 32.1 Å². The van der Waals surface area contributed by atoms with Crippen LogP contribution in [0.15, 0.2) is 65.4 Å². The third-order valence-corrected chi connectivity index (χ3v) is 5.95. The van der Waals surface area contributed by atoms with Crippen molar-refractivity contribution >= 4 is 37.5 Å². The molecule has 0 saturated carbocycles. The molecule has 1 amide bonds. The summed E-state index contributed by atoms with van der Waals surface area (Å²) in [5.41, 5.74) is 2.32. The molecule has 0 atom stereocenters. The Hall–Kier alpha value is -2.65. The van der Waals surface area contributed by atoms with E-state index in [0.29, 0.717) is 12.2 Å². The Morgan fingerprint density at radius 2 is 1.93 bits per heavy atom. The van der Waals surface area contributed by atoms with E-state index >= 15 is 0 Å². The van der Waals surface area contributed by atoms with Gasteiger partial charge in [0.1, 0.15) is 12.4 Å². The number of sulfonamides is 1. The van der Waals surface area contributed by atoms with Gasteiger partial charge in [-0.25, -0.2) is 13.4 Å². The normalized spacial score (nSPS) is 11.3. The molecule has 2 aromatic carbocycles. The first kappa shape index (κ1) is 21.1. The van der Waals surface area contributed by atoms with Gasteiger partial charge < -0.3 is 9.88 Å². The summed E-state index contributed by atoms with van der Waals surface area (Å²) >= 11 is 3.32. The SMILES string of the molecule is Cc1nccn1-c1ccc(CNC(=O)CN(c2cccc(Br)c2)S(C)(=O)=O)cc1. The molecule has 3 rings (SSSR count). The number of carbonyl (C=O) groups is 1. The molecule has 0 aliphatic rings. The Morgan fingerprint density at radius 3 is 2.52 bits per heavy atom. The summed E-state index contributed by atoms with van der Waals surface area (Å²) in [7, 11) is -3.60. The number of benzene rings is 2. The van der Waals surface area contributed by atoms with Gasteiger partial charge in [-0.2, -0.15) is 0 Å². The van der Waals surface area contributed by atoms with Crippen LogP contribution in [-0.2, 0) is 21.4 Å². The molecule has 0 spiro atoms. The zero-order valence-corrected chi connectivity index (χ0v) is 18.4. The number of imidazole rings is 1. The first-order valence-electron chi connectivity index (χ1n) is 8.83. The van der Waals surface area contributed by atoms with Crippen LogP contribution in [-0.4, -0.2) is 36.7 Å². The second-order valence-electron chi connectivity index (χ2n) is 6.54. The quantitative estimate of drug-likeness (QED) is 0.567. The standard InChI is InChI=1S/C20H21BrN4O3S/c1-15-22-10-11-24(15)18-8-6-16(7-9-18)13-23-20(26)14-25(29(2,27)28)19-5-3-4-17(21)12-19/h3-12H,13-14H2,1-2H3,(H,23,26). The zero-order chi connectivity index (χ0) is 21.0. The van der Waals surface area contributed by atoms with E-state index in [4.69, 9.17) is 0 Å². The number of carbonyl (C=O) groups excluding carboxylic acids is 1. The van der Waals surface area contributed by atoms with Crippen LogP contribution in [0.5, 0.6) is 0 Å². The zero-order valence-electron chi connectivity index (χ0n) is 16.0. The van der Waals surface area contributed by atoms with Crippen LogP contribution in [0.25, 0.3) is 5.69 Å². The van der Waals surface area contributed by atoms with E-state index in [9.17, 15) is 13.2 Å². The van der Waals surface area contributed by atoms with Crippen molar-refractivity contribution in [2.24, 2.45) is 0 Å². The fourth-order valence-corrected chi connectivity index (χ4v) is 4.08. The van der Waals surface area contributed by atoms with Gasteiger partial charge in [0.05, 0.1) is 11.9 Å². The average molecular weight is 477 g/mol. The minimum absolute atomic E-state index is 0.290. The lowest BCUT2D eigenvalue weighted by Crippen LogP contribution is -2.40. The Bertz CT molecular complexity index is 1110. The number of nitrogens with one attached hydrogen (secondary N) is 1. The fourth-order valence-electron chi connectivity index (χ4n) is 2.84. The van der Waals surface area contributed by atoms with Crippen molar-refractivity contribution in [1.29, 1.82) is 0 Å². The van der Waals surface area contributed by atoms with Crippen LogP contribution in [0.2, 0.25) is 0 Å². The second kappa shape index (κ2) is 8.79. The number of halogens is 1. The van der Waals surface area contributed by atoms with E-state index in [1.165, 1.54) is 0 Å². The lowest BCUT2D eigenvalue weighted by Gasteiger charge is -2.22. The molecule has 0 saturated heterocycles. The maximum Gasteiger partial charge on any atom is 0.241 e. The summed E-state index contributed by atoms with van der Waals surface area (Å²) in [4.78, 5) is 16.6. The van der Waals surface area contributed by atoms with Crippen molar-refractivity contribution in [2.75, 3.05) is 17.1 Å². The lowest BCUT2D eigenvalue weighted by molar-refractivity contribution is -0.119. The van der Waals surface area contributed by atoms with E-state index < -0.39 is 10.0 Å². The first-order chi connectivity index (χ1) is 13.7. The molecule has 0 bridgehead atoms. The van der Waals surface area contributed by atoms with Crippen LogP contribution in [0, 0.1) is 6.92 Å². The van der Waals surface area contributed by atoms with E-state index in [2.05, 4.69) is 26.2 Å². The summed E-state index contributed by atoms with van der Waals surface area (Å²) < 4.78 is 28.1. The molecule has 29 heavy (non-hydrogen) atoms. The van der Waals surface area contributed by atoms with Crippen LogP contribution in [0.1, 0.15) is 11.4 Å². The average Bonchev–Trinajstić information content (AvgIpc) is 3.10. The van der Waals surface area contributed by atoms with Crippen molar-refractivity contribution in [1.82, 2.24) is 14.9 Å². The number of rotatable bonds is 7. The predicted molar refractivity (Wildman–Crippen MR) is 116 cm³/mol. The summed E-state index contributed by atoms with van der Waals surface area (Å²) in [6.45, 7) is 1.94. The molecule has 152 valence electrons. The number of hydrogen-bond donors (Lipinski definition) is 1. The predicted octanol–water partition coefficient (Wildman–Crippen LogP) is 3.03. The molecule has 1 N–H and O–H groups in total. The molecule has 0 unspecified atom stereocenters. The van der Waals surface area contributed by atoms with E-state index in [1.54, 1.807) is 30.5 Å². The summed E-state index contributed by atoms with van der Waals surface area (Å²) in [6.07, 6.45) is 4.70. The number of hydrogen-bond acceptors (Lipinski definition) is 4. The minimum Gasteiger partial charge on any atom is -0.350 e. The Morgan fingerprint density at radius 1 is 1.21 bits per heavy atom. The molecule has 1 heterocycles. The minimum atomic E-state index is -3.60. The van der Waals surface area contributed by atoms with Gasteiger partial charge in [0.2, 0.25) is 15.9 Å². The van der Waals surface area contributed by atoms with E-state index in [1.807, 2.05) is 42.0 Å². The number of aromatic nitrogens is 2. The molecular formula is C20H21BrN4O3S. The molecule has 0 aliphatic carbocycles. The van der Waals surface area contributed by atoms with Gasteiger partial charge in [0.25, 0.3) is 0 Å². The van der Waals surface area contributed by atoms with Gasteiger partial charge in [0.15, 0.2) is 0 Å². The maximum absolute atomic E-state index is 12.4. The fraction of sp³-hybridized carbons (Fsp3) is 0.200. The number of amides is 1. The van der Waals surface area contributed by atoms with Crippen LogP contribution >= 0.6 is 15.9 Å². The second-order valence-corrected chi connectivity index (χ2v) is 9.36. The van der Waals surface area contributed by atoms with Gasteiger partial charge in [-0.05, 0) is 42.8 Å². The van der Waals surface area contributed by atoms with Gasteiger partial charge in [-0.1, -0.05) is 34.1 Å². The van der Waals surface area contributed by atoms with E-state index in [-0.39, 0.29) is 12.5 Å². The Kier molecular flexibility index (Phi) is 6.39. The highest BCUT2D eigenvalue weighted by Gasteiger charge is 2.20. The lowest BCUT2D eigenvalue weighted by atomic mass is 10.2. The highest BCUT2D eigenvalue weighted by Crippen LogP contribution is 2.22. The van der Waals surface area contributed by atoms with Crippen LogP contribution in [0.3, 0.4) is 0 Å². The third-order valence-electron chi connectivity index (χ3n) is 4.31. The number of anilines is 1. The van der Waals surface area contributed by atoms with Crippen molar-refractivity contribution in [2.45, 2.75) is 13.5 Å². The summed E-state index contributed by atoms with van der Waals surface area (Å²) in [6, 6.07) is 14.5. The molecule has 9 heteroatoms. The highest BCUT2D eigenvalue weighted by molar-refractivity contribution is 9.10. The maximum atomic E-state index is 12.4. The van der Waals surface area contributed by atoms with Crippen molar-refractivity contribution in [3.63, 3.8) is 0 Å².